The highest BCUT2D eigenvalue weighted by molar-refractivity contribution is 6.11. The smallest absolute Gasteiger partial charge is 0.325 e. The summed E-state index contributed by atoms with van der Waals surface area (Å²) in [5, 5.41) is 9.08. The summed E-state index contributed by atoms with van der Waals surface area (Å²) < 4.78 is 0. The molecule has 0 saturated carbocycles. The topological polar surface area (TPSA) is 108 Å². The Hall–Kier alpha value is -3.42. The van der Waals surface area contributed by atoms with E-state index < -0.39 is 36.0 Å². The molecule has 1 aliphatic rings. The van der Waals surface area contributed by atoms with Crippen LogP contribution in [0.1, 0.15) is 26.3 Å². The van der Waals surface area contributed by atoms with Gasteiger partial charge in [0.15, 0.2) is 0 Å². The van der Waals surface area contributed by atoms with Crippen LogP contribution >= 0.6 is 0 Å². The van der Waals surface area contributed by atoms with Crippen LogP contribution in [0.5, 0.6) is 0 Å². The molecule has 8 heteroatoms. The van der Waals surface area contributed by atoms with Crippen molar-refractivity contribution < 1.29 is 19.2 Å². The minimum atomic E-state index is -1.31. The molecule has 3 rings (SSSR count). The number of urea groups is 2. The van der Waals surface area contributed by atoms with Crippen molar-refractivity contribution in [3.63, 3.8) is 0 Å². The summed E-state index contributed by atoms with van der Waals surface area (Å²) >= 11 is 0. The molecular formula is C20H22N4O4. The molecule has 6 amide bonds. The third-order valence-corrected chi connectivity index (χ3v) is 4.58. The molecule has 1 atom stereocenters. The van der Waals surface area contributed by atoms with E-state index in [1.165, 1.54) is 0 Å². The highest BCUT2D eigenvalue weighted by atomic mass is 16.2. The molecule has 0 bridgehead atoms. The minimum Gasteiger partial charge on any atom is -0.336 e. The molecule has 1 heterocycles. The fraction of sp³-hybridized carbons (Fsp3) is 0.300. The van der Waals surface area contributed by atoms with Crippen LogP contribution in [-0.2, 0) is 15.1 Å². The minimum absolute atomic E-state index is 0.154. The zero-order chi connectivity index (χ0) is 20.5. The third kappa shape index (κ3) is 3.53. The van der Waals surface area contributed by atoms with Gasteiger partial charge in [0.25, 0.3) is 5.91 Å². The lowest BCUT2D eigenvalue weighted by atomic mass is 9.88. The lowest BCUT2D eigenvalue weighted by Gasteiger charge is -2.24. The number of fused-ring (bicyclic) bond motifs is 1. The van der Waals surface area contributed by atoms with Gasteiger partial charge in [-0.25, -0.2) is 9.59 Å². The molecule has 1 fully saturated rings. The number of carbonyl (C=O) groups is 4. The molecule has 0 spiro atoms. The van der Waals surface area contributed by atoms with Crippen molar-refractivity contribution in [2.45, 2.75) is 32.4 Å². The Labute approximate surface area is 162 Å². The number of carbonyl (C=O) groups excluding carboxylic acids is 4. The Kier molecular flexibility index (Phi) is 5.04. The molecular weight excluding hydrogens is 360 g/mol. The molecule has 0 unspecified atom stereocenters. The van der Waals surface area contributed by atoms with E-state index in [0.717, 1.165) is 15.7 Å². The molecule has 146 valence electrons. The molecule has 28 heavy (non-hydrogen) atoms. The van der Waals surface area contributed by atoms with Crippen LogP contribution in [0.4, 0.5) is 9.59 Å². The van der Waals surface area contributed by atoms with Gasteiger partial charge in [-0.2, -0.15) is 0 Å². The Morgan fingerprint density at radius 2 is 1.79 bits per heavy atom. The quantitative estimate of drug-likeness (QED) is 0.701. The molecule has 8 nitrogen and oxygen atoms in total. The predicted octanol–water partition coefficient (Wildman–Crippen LogP) is 1.84. The summed E-state index contributed by atoms with van der Waals surface area (Å²) in [6, 6.07) is 11.5. The zero-order valence-electron chi connectivity index (χ0n) is 15.9. The van der Waals surface area contributed by atoms with Crippen LogP contribution in [0.15, 0.2) is 42.5 Å². The van der Waals surface area contributed by atoms with E-state index >= 15 is 0 Å². The van der Waals surface area contributed by atoms with E-state index in [9.17, 15) is 19.2 Å². The van der Waals surface area contributed by atoms with Crippen molar-refractivity contribution in [3.05, 3.63) is 48.0 Å². The van der Waals surface area contributed by atoms with Crippen LogP contribution in [0.2, 0.25) is 0 Å². The highest BCUT2D eigenvalue weighted by Crippen LogP contribution is 2.33. The molecule has 1 saturated heterocycles. The Morgan fingerprint density at radius 1 is 1.11 bits per heavy atom. The fourth-order valence-electron chi connectivity index (χ4n) is 3.29. The van der Waals surface area contributed by atoms with Crippen LogP contribution in [0.3, 0.4) is 0 Å². The first kappa shape index (κ1) is 19.3. The fourth-order valence-corrected chi connectivity index (χ4v) is 3.29. The molecule has 2 aromatic rings. The summed E-state index contributed by atoms with van der Waals surface area (Å²) in [5.74, 6) is -1.29. The monoisotopic (exact) mass is 382 g/mol. The first-order valence-electron chi connectivity index (χ1n) is 8.95. The van der Waals surface area contributed by atoms with Gasteiger partial charge in [0.05, 0.1) is 0 Å². The van der Waals surface area contributed by atoms with Gasteiger partial charge in [-0.15, -0.1) is 0 Å². The maximum atomic E-state index is 13.0. The molecule has 2 aromatic carbocycles. The second kappa shape index (κ2) is 7.30. The van der Waals surface area contributed by atoms with Gasteiger partial charge in [-0.05, 0) is 37.1 Å². The van der Waals surface area contributed by atoms with Crippen molar-refractivity contribution in [2.24, 2.45) is 0 Å². The van der Waals surface area contributed by atoms with E-state index in [2.05, 4.69) is 16.0 Å². The number of nitrogens with zero attached hydrogens (tertiary/aromatic N) is 1. The van der Waals surface area contributed by atoms with E-state index in [1.807, 2.05) is 36.4 Å². The average molecular weight is 382 g/mol. The van der Waals surface area contributed by atoms with E-state index in [-0.39, 0.29) is 6.04 Å². The number of amides is 6. The van der Waals surface area contributed by atoms with Crippen molar-refractivity contribution in [1.82, 2.24) is 20.9 Å². The normalized spacial score (nSPS) is 19.1. The lowest BCUT2D eigenvalue weighted by molar-refractivity contribution is -0.134. The van der Waals surface area contributed by atoms with Gasteiger partial charge in [0.2, 0.25) is 5.91 Å². The average Bonchev–Trinajstić information content (AvgIpc) is 2.84. The first-order chi connectivity index (χ1) is 13.2. The predicted molar refractivity (Wildman–Crippen MR) is 103 cm³/mol. The maximum Gasteiger partial charge on any atom is 0.325 e. The molecule has 0 aromatic heterocycles. The number of imide groups is 2. The zero-order valence-corrected chi connectivity index (χ0v) is 15.9. The van der Waals surface area contributed by atoms with Gasteiger partial charge >= 0.3 is 12.1 Å². The number of hydrogen-bond donors (Lipinski definition) is 3. The van der Waals surface area contributed by atoms with Gasteiger partial charge in [0, 0.05) is 6.04 Å². The van der Waals surface area contributed by atoms with E-state index in [4.69, 9.17) is 0 Å². The van der Waals surface area contributed by atoms with Crippen molar-refractivity contribution in [2.75, 3.05) is 6.54 Å². The Morgan fingerprint density at radius 3 is 2.50 bits per heavy atom. The van der Waals surface area contributed by atoms with Crippen molar-refractivity contribution >= 4 is 34.6 Å². The number of benzene rings is 2. The van der Waals surface area contributed by atoms with Crippen LogP contribution in [-0.4, -0.2) is 41.4 Å². The highest BCUT2D eigenvalue weighted by Gasteiger charge is 2.50. The molecule has 1 aliphatic heterocycles. The molecule has 3 N–H and O–H groups in total. The standard InChI is InChI=1S/C20H22N4O4/c1-12(2)21-18(27)22-16(25)11-24-17(26)20(3,23-19(24)28)15-10-6-8-13-7-4-5-9-14(13)15/h4-10,12H,11H2,1-3H3,(H,23,28)(H2,21,22,25,27)/t20-/m0/s1. The molecule has 0 radical (unpaired) electrons. The molecule has 0 aliphatic carbocycles. The van der Waals surface area contributed by atoms with Gasteiger partial charge in [-0.1, -0.05) is 42.5 Å². The van der Waals surface area contributed by atoms with Crippen molar-refractivity contribution in [3.8, 4) is 0 Å². The second-order valence-electron chi connectivity index (χ2n) is 7.15. The Balaban J connectivity index is 1.83. The van der Waals surface area contributed by atoms with Gasteiger partial charge in [0.1, 0.15) is 12.1 Å². The number of hydrogen-bond acceptors (Lipinski definition) is 4. The van der Waals surface area contributed by atoms with Gasteiger partial charge < -0.3 is 10.6 Å². The summed E-state index contributed by atoms with van der Waals surface area (Å²) in [6.45, 7) is 4.56. The Bertz CT molecular complexity index is 966. The van der Waals surface area contributed by atoms with Crippen LogP contribution < -0.4 is 16.0 Å². The van der Waals surface area contributed by atoms with E-state index in [0.29, 0.717) is 5.56 Å². The number of nitrogens with one attached hydrogen (secondary N) is 3. The summed E-state index contributed by atoms with van der Waals surface area (Å²) in [4.78, 5) is 50.0. The van der Waals surface area contributed by atoms with Crippen LogP contribution in [0, 0.1) is 0 Å². The lowest BCUT2D eigenvalue weighted by Crippen LogP contribution is -2.48. The van der Waals surface area contributed by atoms with Gasteiger partial charge in [-0.3, -0.25) is 19.8 Å². The van der Waals surface area contributed by atoms with Crippen molar-refractivity contribution in [1.29, 1.82) is 0 Å². The van der Waals surface area contributed by atoms with Crippen LogP contribution in [0.25, 0.3) is 10.8 Å². The maximum absolute atomic E-state index is 13.0. The summed E-state index contributed by atoms with van der Waals surface area (Å²) in [5.41, 5.74) is -0.664. The first-order valence-corrected chi connectivity index (χ1v) is 8.95. The third-order valence-electron chi connectivity index (χ3n) is 4.58. The largest absolute Gasteiger partial charge is 0.336 e. The number of rotatable bonds is 4. The van der Waals surface area contributed by atoms with E-state index in [1.54, 1.807) is 26.8 Å². The summed E-state index contributed by atoms with van der Waals surface area (Å²) in [7, 11) is 0. The SMILES string of the molecule is CC(C)NC(=O)NC(=O)CN1C(=O)N[C@@](C)(c2cccc3ccccc23)C1=O. The second-order valence-corrected chi connectivity index (χ2v) is 7.15. The summed E-state index contributed by atoms with van der Waals surface area (Å²) in [6.07, 6.45) is 0.